The molecule has 0 spiro atoms. The molecule has 0 bridgehead atoms. The molecule has 30 heavy (non-hydrogen) atoms. The van der Waals surface area contributed by atoms with Crippen LogP contribution in [0, 0.1) is 12.8 Å². The van der Waals surface area contributed by atoms with Crippen LogP contribution in [-0.4, -0.2) is 18.6 Å². The maximum absolute atomic E-state index is 13.5. The number of anilines is 1. The van der Waals surface area contributed by atoms with Crippen LogP contribution in [-0.2, 0) is 4.79 Å². The van der Waals surface area contributed by atoms with E-state index in [0.717, 1.165) is 29.3 Å². The van der Waals surface area contributed by atoms with Crippen molar-refractivity contribution in [2.45, 2.75) is 31.7 Å². The highest BCUT2D eigenvalue weighted by Gasteiger charge is 2.42. The number of aliphatic imine (C=N–C) groups is 1. The first-order valence-corrected chi connectivity index (χ1v) is 11.1. The van der Waals surface area contributed by atoms with Gasteiger partial charge in [0.1, 0.15) is 11.5 Å². The van der Waals surface area contributed by atoms with Crippen LogP contribution in [0.1, 0.15) is 40.8 Å². The van der Waals surface area contributed by atoms with Crippen LogP contribution in [0.25, 0.3) is 0 Å². The highest BCUT2D eigenvalue weighted by atomic mass is 32.1. The van der Waals surface area contributed by atoms with Crippen molar-refractivity contribution in [3.63, 3.8) is 0 Å². The highest BCUT2D eigenvalue weighted by Crippen LogP contribution is 2.45. The van der Waals surface area contributed by atoms with Crippen molar-refractivity contribution in [3.05, 3.63) is 76.0 Å². The number of carbonyl (C=O) groups is 1. The minimum absolute atomic E-state index is 0.0730. The number of aryl methyl sites for hydroxylation is 1. The average Bonchev–Trinajstić information content (AvgIpc) is 3.23. The second-order valence-corrected chi connectivity index (χ2v) is 9.06. The lowest BCUT2D eigenvalue weighted by atomic mass is 9.73. The Morgan fingerprint density at radius 1 is 1.10 bits per heavy atom. The van der Waals surface area contributed by atoms with E-state index < -0.39 is 0 Å². The third-order valence-corrected chi connectivity index (χ3v) is 7.06. The molecular formula is C25H24N2O2S. The van der Waals surface area contributed by atoms with Crippen LogP contribution in [0.2, 0.25) is 0 Å². The zero-order valence-corrected chi connectivity index (χ0v) is 17.9. The highest BCUT2D eigenvalue weighted by molar-refractivity contribution is 7.10. The van der Waals surface area contributed by atoms with E-state index >= 15 is 0 Å². The number of Topliss-reactive ketones (excluding diaryl/α,β-unsaturated/α-hetero) is 1. The maximum atomic E-state index is 13.5. The summed E-state index contributed by atoms with van der Waals surface area (Å²) in [6.07, 6.45) is 1.33. The molecule has 0 amide bonds. The molecule has 1 N–H and O–H groups in total. The second kappa shape index (κ2) is 7.73. The normalized spacial score (nSPS) is 22.9. The molecule has 0 saturated heterocycles. The van der Waals surface area contributed by atoms with Gasteiger partial charge in [0.2, 0.25) is 0 Å². The van der Waals surface area contributed by atoms with Crippen LogP contribution in [0.15, 0.2) is 65.0 Å². The Hall–Kier alpha value is -2.92. The summed E-state index contributed by atoms with van der Waals surface area (Å²) in [5, 5.41) is 5.73. The van der Waals surface area contributed by atoms with E-state index in [9.17, 15) is 4.79 Å². The van der Waals surface area contributed by atoms with Crippen LogP contribution in [0.3, 0.4) is 0 Å². The largest absolute Gasteiger partial charge is 0.497 e. The van der Waals surface area contributed by atoms with Gasteiger partial charge in [-0.1, -0.05) is 24.3 Å². The standard InChI is InChI=1S/C25H24N2O2S/c1-15-5-10-19-20(12-15)27-25(23-4-3-11-30-23)24-21(26-19)13-17(14-22(24)28)16-6-8-18(29-2)9-7-16/h3-12,17,24-25,27H,13-14H2,1-2H3/t17-,24-,25+/m0/s1. The van der Waals surface area contributed by atoms with Crippen LogP contribution in [0.5, 0.6) is 5.75 Å². The molecule has 0 unspecified atom stereocenters. The molecule has 1 fully saturated rings. The van der Waals surface area contributed by atoms with Gasteiger partial charge in [-0.2, -0.15) is 0 Å². The predicted octanol–water partition coefficient (Wildman–Crippen LogP) is 6.07. The van der Waals surface area contributed by atoms with Gasteiger partial charge in [0, 0.05) is 17.0 Å². The molecule has 2 aliphatic rings. The maximum Gasteiger partial charge on any atom is 0.144 e. The van der Waals surface area contributed by atoms with Crippen molar-refractivity contribution in [1.29, 1.82) is 0 Å². The first-order valence-electron chi connectivity index (χ1n) is 10.3. The fourth-order valence-corrected chi connectivity index (χ4v) is 5.40. The number of hydrogen-bond donors (Lipinski definition) is 1. The van der Waals surface area contributed by atoms with Crippen molar-refractivity contribution in [3.8, 4) is 5.75 Å². The molecule has 4 nitrogen and oxygen atoms in total. The van der Waals surface area contributed by atoms with Crippen LogP contribution >= 0.6 is 11.3 Å². The van der Waals surface area contributed by atoms with Gasteiger partial charge in [0.25, 0.3) is 0 Å². The fourth-order valence-electron chi connectivity index (χ4n) is 4.58. The summed E-state index contributed by atoms with van der Waals surface area (Å²) in [5.74, 6) is 1.01. The third kappa shape index (κ3) is 3.43. The first-order chi connectivity index (χ1) is 14.6. The Balaban J connectivity index is 1.56. The lowest BCUT2D eigenvalue weighted by Crippen LogP contribution is -2.38. The van der Waals surface area contributed by atoms with E-state index in [-0.39, 0.29) is 23.7 Å². The van der Waals surface area contributed by atoms with Crippen molar-refractivity contribution in [2.24, 2.45) is 10.9 Å². The van der Waals surface area contributed by atoms with E-state index in [0.29, 0.717) is 6.42 Å². The minimum atomic E-state index is -0.231. The Morgan fingerprint density at radius 2 is 1.93 bits per heavy atom. The number of nitrogens with one attached hydrogen (secondary N) is 1. The molecule has 152 valence electrons. The lowest BCUT2D eigenvalue weighted by molar-refractivity contribution is -0.122. The second-order valence-electron chi connectivity index (χ2n) is 8.08. The van der Waals surface area contributed by atoms with Crippen LogP contribution < -0.4 is 10.1 Å². The molecule has 1 aliphatic carbocycles. The van der Waals surface area contributed by atoms with Gasteiger partial charge in [0.05, 0.1) is 30.4 Å². The molecule has 2 aromatic carbocycles. The molecule has 1 aromatic heterocycles. The molecule has 1 aliphatic heterocycles. The number of rotatable bonds is 3. The number of carbonyl (C=O) groups excluding carboxylic acids is 1. The number of nitrogens with zero attached hydrogens (tertiary/aromatic N) is 1. The molecule has 3 aromatic rings. The average molecular weight is 417 g/mol. The zero-order chi connectivity index (χ0) is 20.7. The van der Waals surface area contributed by atoms with E-state index in [1.54, 1.807) is 18.4 Å². The summed E-state index contributed by atoms with van der Waals surface area (Å²) in [6, 6.07) is 18.4. The Morgan fingerprint density at radius 3 is 2.67 bits per heavy atom. The summed E-state index contributed by atoms with van der Waals surface area (Å²) in [7, 11) is 1.67. The lowest BCUT2D eigenvalue weighted by Gasteiger charge is -2.33. The molecule has 2 heterocycles. The third-order valence-electron chi connectivity index (χ3n) is 6.11. The molecule has 3 atom stereocenters. The van der Waals surface area contributed by atoms with Gasteiger partial charge in [-0.25, -0.2) is 0 Å². The summed E-state index contributed by atoms with van der Waals surface area (Å²) < 4.78 is 5.29. The number of methoxy groups -OCH3 is 1. The number of ketones is 1. The van der Waals surface area contributed by atoms with Gasteiger partial charge >= 0.3 is 0 Å². The number of thiophene rings is 1. The molecule has 1 saturated carbocycles. The van der Waals surface area contributed by atoms with Crippen molar-refractivity contribution >= 4 is 34.2 Å². The molecule has 5 rings (SSSR count). The van der Waals surface area contributed by atoms with Crippen molar-refractivity contribution in [2.75, 3.05) is 12.4 Å². The first kappa shape index (κ1) is 19.1. The Kier molecular flexibility index (Phi) is 4.91. The molecule has 0 radical (unpaired) electrons. The Labute approximate surface area is 180 Å². The monoisotopic (exact) mass is 416 g/mol. The number of ether oxygens (including phenoxy) is 1. The van der Waals surface area contributed by atoms with E-state index in [4.69, 9.17) is 9.73 Å². The van der Waals surface area contributed by atoms with Gasteiger partial charge in [-0.15, -0.1) is 11.3 Å². The quantitative estimate of drug-likeness (QED) is 0.564. The van der Waals surface area contributed by atoms with E-state index in [1.165, 1.54) is 16.0 Å². The number of fused-ring (bicyclic) bond motifs is 2. The minimum Gasteiger partial charge on any atom is -0.497 e. The van der Waals surface area contributed by atoms with Crippen molar-refractivity contribution < 1.29 is 9.53 Å². The van der Waals surface area contributed by atoms with Gasteiger partial charge < -0.3 is 10.1 Å². The van der Waals surface area contributed by atoms with E-state index in [1.807, 2.05) is 18.2 Å². The number of hydrogen-bond acceptors (Lipinski definition) is 5. The zero-order valence-electron chi connectivity index (χ0n) is 17.1. The molecule has 5 heteroatoms. The van der Waals surface area contributed by atoms with E-state index in [2.05, 4.69) is 54.0 Å². The summed E-state index contributed by atoms with van der Waals surface area (Å²) in [5.41, 5.74) is 5.26. The van der Waals surface area contributed by atoms with Crippen LogP contribution in [0.4, 0.5) is 11.4 Å². The summed E-state index contributed by atoms with van der Waals surface area (Å²) >= 11 is 1.69. The topological polar surface area (TPSA) is 50.7 Å². The van der Waals surface area contributed by atoms with Gasteiger partial charge in [0.15, 0.2) is 0 Å². The Bertz CT molecular complexity index is 1100. The summed E-state index contributed by atoms with van der Waals surface area (Å²) in [6.45, 7) is 2.08. The number of benzene rings is 2. The summed E-state index contributed by atoms with van der Waals surface area (Å²) in [4.78, 5) is 19.7. The van der Waals surface area contributed by atoms with Crippen molar-refractivity contribution in [1.82, 2.24) is 0 Å². The van der Waals surface area contributed by atoms with Gasteiger partial charge in [-0.05, 0) is 66.1 Å². The molecular weight excluding hydrogens is 392 g/mol. The predicted molar refractivity (Wildman–Crippen MR) is 122 cm³/mol. The fraction of sp³-hybridized carbons (Fsp3) is 0.280. The SMILES string of the molecule is COc1ccc([C@@H]2CC(=O)[C@@H]3C(=Nc4ccc(C)cc4N[C@@H]3c3cccs3)C2)cc1. The van der Waals surface area contributed by atoms with Gasteiger partial charge in [-0.3, -0.25) is 9.79 Å². The smallest absolute Gasteiger partial charge is 0.144 e.